The van der Waals surface area contributed by atoms with Crippen molar-refractivity contribution in [2.24, 2.45) is 0 Å². The zero-order valence-electron chi connectivity index (χ0n) is 20.9. The third-order valence-corrected chi connectivity index (χ3v) is 6.32. The smallest absolute Gasteiger partial charge is 0.224 e. The van der Waals surface area contributed by atoms with Gasteiger partial charge in [-0.05, 0) is 48.4 Å². The number of fused-ring (bicyclic) bond motifs is 2. The van der Waals surface area contributed by atoms with Crippen LogP contribution < -0.4 is 10.1 Å². The quantitative estimate of drug-likeness (QED) is 0.246. The zero-order chi connectivity index (χ0) is 26.1. The Morgan fingerprint density at radius 2 is 1.84 bits per heavy atom. The van der Waals surface area contributed by atoms with Crippen molar-refractivity contribution in [1.82, 2.24) is 30.1 Å². The molecule has 2 aromatic carbocycles. The number of nitrogens with one attached hydrogen (secondary N) is 3. The molecule has 0 aliphatic heterocycles. The molecule has 188 valence electrons. The van der Waals surface area contributed by atoms with Crippen LogP contribution in [0.15, 0.2) is 73.1 Å². The fraction of sp³-hybridized carbons (Fsp3) is 0.138. The molecule has 9 nitrogen and oxygen atoms in total. The molecule has 0 radical (unpaired) electrons. The third kappa shape index (κ3) is 4.34. The Balaban J connectivity index is 1.40. The number of benzene rings is 2. The van der Waals surface area contributed by atoms with E-state index in [1.54, 1.807) is 19.5 Å². The first-order chi connectivity index (χ1) is 18.6. The van der Waals surface area contributed by atoms with E-state index in [0.717, 1.165) is 45.4 Å². The SMILES string of the molecule is CCCC(=O)Nc1cncc(-c2ccc3[nH]nc(-c4nc5c(-c6cccc(OC)c6)cccc5[nH]4)c3n2)c1. The van der Waals surface area contributed by atoms with Crippen LogP contribution in [0.1, 0.15) is 19.8 Å². The molecule has 0 aliphatic rings. The van der Waals surface area contributed by atoms with E-state index in [1.165, 1.54) is 0 Å². The van der Waals surface area contributed by atoms with Gasteiger partial charge in [-0.3, -0.25) is 14.9 Å². The topological polar surface area (TPSA) is 121 Å². The first kappa shape index (κ1) is 23.4. The molecule has 0 saturated heterocycles. The molecule has 9 heteroatoms. The number of aromatic nitrogens is 6. The fourth-order valence-electron chi connectivity index (χ4n) is 4.49. The Hall–Kier alpha value is -5.05. The largest absolute Gasteiger partial charge is 0.497 e. The Bertz CT molecular complexity index is 1790. The van der Waals surface area contributed by atoms with E-state index in [1.807, 2.05) is 67.6 Å². The maximum Gasteiger partial charge on any atom is 0.224 e. The van der Waals surface area contributed by atoms with Crippen LogP contribution in [0.25, 0.3) is 56.0 Å². The minimum Gasteiger partial charge on any atom is -0.497 e. The summed E-state index contributed by atoms with van der Waals surface area (Å²) in [4.78, 5) is 29.6. The summed E-state index contributed by atoms with van der Waals surface area (Å²) >= 11 is 0. The standard InChI is InChI=1S/C29H25N7O2/c1-3-6-25(37)31-19-13-18(15-30-16-19)22-11-12-24-27(32-22)28(36-35-24)29-33-23-10-5-9-21(26(23)34-29)17-7-4-8-20(14-17)38-2/h4-5,7-16H,3,6H2,1-2H3,(H,31,37)(H,33,34)(H,35,36). The third-order valence-electron chi connectivity index (χ3n) is 6.32. The maximum atomic E-state index is 12.0. The van der Waals surface area contributed by atoms with Crippen LogP contribution in [0.3, 0.4) is 0 Å². The normalized spacial score (nSPS) is 11.2. The highest BCUT2D eigenvalue weighted by atomic mass is 16.5. The number of aromatic amines is 2. The van der Waals surface area contributed by atoms with Gasteiger partial charge in [0, 0.05) is 23.7 Å². The highest BCUT2D eigenvalue weighted by Gasteiger charge is 2.17. The van der Waals surface area contributed by atoms with Gasteiger partial charge in [-0.2, -0.15) is 5.10 Å². The van der Waals surface area contributed by atoms with Gasteiger partial charge in [0.05, 0.1) is 41.2 Å². The Labute approximate surface area is 218 Å². The minimum atomic E-state index is -0.0369. The number of imidazole rings is 1. The molecule has 0 saturated carbocycles. The minimum absolute atomic E-state index is 0.0369. The first-order valence-corrected chi connectivity index (χ1v) is 12.4. The summed E-state index contributed by atoms with van der Waals surface area (Å²) in [6.45, 7) is 1.97. The number of carbonyl (C=O) groups is 1. The summed E-state index contributed by atoms with van der Waals surface area (Å²) < 4.78 is 5.41. The average molecular weight is 504 g/mol. The lowest BCUT2D eigenvalue weighted by Gasteiger charge is -2.06. The number of methoxy groups -OCH3 is 1. The summed E-state index contributed by atoms with van der Waals surface area (Å²) in [7, 11) is 1.66. The molecule has 3 N–H and O–H groups in total. The number of amides is 1. The zero-order valence-corrected chi connectivity index (χ0v) is 20.9. The summed E-state index contributed by atoms with van der Waals surface area (Å²) in [6, 6.07) is 19.7. The van der Waals surface area contributed by atoms with Crippen molar-refractivity contribution in [3.63, 3.8) is 0 Å². The molecule has 4 aromatic heterocycles. The van der Waals surface area contributed by atoms with Gasteiger partial charge in [0.25, 0.3) is 0 Å². The summed E-state index contributed by atoms with van der Waals surface area (Å²) in [5.41, 5.74) is 7.97. The number of carbonyl (C=O) groups excluding carboxylic acids is 1. The first-order valence-electron chi connectivity index (χ1n) is 12.4. The van der Waals surface area contributed by atoms with Gasteiger partial charge in [-0.1, -0.05) is 31.2 Å². The molecule has 0 atom stereocenters. The fourth-order valence-corrected chi connectivity index (χ4v) is 4.49. The van der Waals surface area contributed by atoms with E-state index in [2.05, 4.69) is 25.5 Å². The van der Waals surface area contributed by atoms with Gasteiger partial charge in [-0.15, -0.1) is 0 Å². The molecule has 0 bridgehead atoms. The van der Waals surface area contributed by atoms with Crippen molar-refractivity contribution >= 4 is 33.7 Å². The Morgan fingerprint density at radius 1 is 0.947 bits per heavy atom. The lowest BCUT2D eigenvalue weighted by molar-refractivity contribution is -0.116. The number of anilines is 1. The molecule has 38 heavy (non-hydrogen) atoms. The van der Waals surface area contributed by atoms with Crippen LogP contribution in [0.4, 0.5) is 5.69 Å². The lowest BCUT2D eigenvalue weighted by Crippen LogP contribution is -2.10. The van der Waals surface area contributed by atoms with E-state index in [-0.39, 0.29) is 5.91 Å². The average Bonchev–Trinajstić information content (AvgIpc) is 3.57. The molecule has 6 rings (SSSR count). The Kier molecular flexibility index (Phi) is 6.01. The van der Waals surface area contributed by atoms with Crippen LogP contribution >= 0.6 is 0 Å². The predicted molar refractivity (Wildman–Crippen MR) is 148 cm³/mol. The number of nitrogens with zero attached hydrogens (tertiary/aromatic N) is 4. The van der Waals surface area contributed by atoms with E-state index in [4.69, 9.17) is 14.7 Å². The van der Waals surface area contributed by atoms with E-state index in [9.17, 15) is 4.79 Å². The summed E-state index contributed by atoms with van der Waals surface area (Å²) in [5.74, 6) is 1.36. The monoisotopic (exact) mass is 503 g/mol. The lowest BCUT2D eigenvalue weighted by atomic mass is 10.0. The Morgan fingerprint density at radius 3 is 2.71 bits per heavy atom. The highest BCUT2D eigenvalue weighted by Crippen LogP contribution is 2.33. The van der Waals surface area contributed by atoms with E-state index >= 15 is 0 Å². The molecule has 0 spiro atoms. The van der Waals surface area contributed by atoms with E-state index < -0.39 is 0 Å². The van der Waals surface area contributed by atoms with Crippen LogP contribution in [0, 0.1) is 0 Å². The molecular weight excluding hydrogens is 478 g/mol. The van der Waals surface area contributed by atoms with Crippen molar-refractivity contribution in [3.8, 4) is 39.7 Å². The molecule has 1 amide bonds. The number of pyridine rings is 2. The molecule has 4 heterocycles. The van der Waals surface area contributed by atoms with Crippen molar-refractivity contribution in [2.75, 3.05) is 12.4 Å². The van der Waals surface area contributed by atoms with Gasteiger partial charge in [-0.25, -0.2) is 9.97 Å². The summed E-state index contributed by atoms with van der Waals surface area (Å²) in [6.07, 6.45) is 4.60. The number of ether oxygens (including phenoxy) is 1. The van der Waals surface area contributed by atoms with E-state index in [0.29, 0.717) is 34.8 Å². The molecule has 0 unspecified atom stereocenters. The number of rotatable bonds is 7. The van der Waals surface area contributed by atoms with Crippen LogP contribution in [-0.2, 0) is 4.79 Å². The number of para-hydroxylation sites is 1. The van der Waals surface area contributed by atoms with Gasteiger partial charge in [0.1, 0.15) is 11.3 Å². The van der Waals surface area contributed by atoms with Crippen molar-refractivity contribution in [2.45, 2.75) is 19.8 Å². The van der Waals surface area contributed by atoms with Crippen molar-refractivity contribution < 1.29 is 9.53 Å². The maximum absolute atomic E-state index is 12.0. The molecule has 6 aromatic rings. The van der Waals surface area contributed by atoms with Crippen LogP contribution in [0.5, 0.6) is 5.75 Å². The van der Waals surface area contributed by atoms with Crippen LogP contribution in [-0.4, -0.2) is 43.2 Å². The van der Waals surface area contributed by atoms with Crippen molar-refractivity contribution in [3.05, 3.63) is 73.1 Å². The second-order valence-electron chi connectivity index (χ2n) is 8.94. The number of hydrogen-bond acceptors (Lipinski definition) is 6. The second kappa shape index (κ2) is 9.78. The van der Waals surface area contributed by atoms with Gasteiger partial charge >= 0.3 is 0 Å². The van der Waals surface area contributed by atoms with Crippen molar-refractivity contribution in [1.29, 1.82) is 0 Å². The summed E-state index contributed by atoms with van der Waals surface area (Å²) in [5, 5.41) is 10.5. The number of hydrogen-bond donors (Lipinski definition) is 3. The number of H-pyrrole nitrogens is 2. The second-order valence-corrected chi connectivity index (χ2v) is 8.94. The highest BCUT2D eigenvalue weighted by molar-refractivity contribution is 5.96. The predicted octanol–water partition coefficient (Wildman–Crippen LogP) is 5.98. The van der Waals surface area contributed by atoms with Gasteiger partial charge in [0.15, 0.2) is 11.5 Å². The molecule has 0 aliphatic carbocycles. The van der Waals surface area contributed by atoms with Crippen LogP contribution in [0.2, 0.25) is 0 Å². The van der Waals surface area contributed by atoms with Gasteiger partial charge < -0.3 is 15.0 Å². The molecule has 0 fully saturated rings. The van der Waals surface area contributed by atoms with Gasteiger partial charge in [0.2, 0.25) is 5.91 Å². The molecular formula is C29H25N7O2.